The highest BCUT2D eigenvalue weighted by Gasteiger charge is 2.37. The zero-order chi connectivity index (χ0) is 18.4. The molecule has 1 atom stereocenters. The molecule has 1 aromatic heterocycles. The molecule has 0 saturated carbocycles. The van der Waals surface area contributed by atoms with E-state index >= 15 is 0 Å². The van der Waals surface area contributed by atoms with Gasteiger partial charge in [-0.25, -0.2) is 0 Å². The Morgan fingerprint density at radius 2 is 2.12 bits per heavy atom. The largest absolute Gasteiger partial charge is 0.463 e. The zero-order valence-electron chi connectivity index (χ0n) is 15.1. The Kier molecular flexibility index (Phi) is 6.28. The molecule has 1 fully saturated rings. The number of aryl methyl sites for hydroxylation is 1. The summed E-state index contributed by atoms with van der Waals surface area (Å²) in [5, 5.41) is 9.00. The lowest BCUT2D eigenvalue weighted by Crippen LogP contribution is -2.31. The minimum absolute atomic E-state index is 0.0727. The molecule has 0 N–H and O–H groups in total. The van der Waals surface area contributed by atoms with Crippen molar-refractivity contribution in [3.8, 4) is 0 Å². The van der Waals surface area contributed by atoms with Gasteiger partial charge in [-0.1, -0.05) is 55.8 Å². The van der Waals surface area contributed by atoms with E-state index in [2.05, 4.69) is 36.2 Å². The summed E-state index contributed by atoms with van der Waals surface area (Å²) < 4.78 is 5.23. The first-order valence-corrected chi connectivity index (χ1v) is 9.74. The normalized spacial score (nSPS) is 19.2. The molecule has 0 radical (unpaired) electrons. The molecule has 1 aliphatic rings. The maximum atomic E-state index is 12.9. The van der Waals surface area contributed by atoms with E-state index in [1.165, 1.54) is 17.3 Å². The molecule has 0 bridgehead atoms. The highest BCUT2D eigenvalue weighted by Crippen LogP contribution is 2.32. The van der Waals surface area contributed by atoms with E-state index < -0.39 is 0 Å². The van der Waals surface area contributed by atoms with Gasteiger partial charge in [0.2, 0.25) is 5.91 Å². The quantitative estimate of drug-likeness (QED) is 0.529. The molecule has 2 aromatic rings. The third-order valence-electron chi connectivity index (χ3n) is 4.30. The van der Waals surface area contributed by atoms with Gasteiger partial charge in [0.25, 0.3) is 0 Å². The number of thioether (sulfide) groups is 1. The number of benzene rings is 1. The van der Waals surface area contributed by atoms with Gasteiger partial charge in [0.1, 0.15) is 5.76 Å². The Morgan fingerprint density at radius 3 is 2.85 bits per heavy atom. The van der Waals surface area contributed by atoms with Crippen molar-refractivity contribution >= 4 is 29.1 Å². The summed E-state index contributed by atoms with van der Waals surface area (Å²) in [5.74, 6) is 0.760. The molecule has 0 spiro atoms. The molecule has 1 amide bonds. The Labute approximate surface area is 158 Å². The van der Waals surface area contributed by atoms with Crippen LogP contribution in [0.2, 0.25) is 0 Å². The molecule has 5 nitrogen and oxygen atoms in total. The summed E-state index contributed by atoms with van der Waals surface area (Å²) in [5.41, 5.74) is 2.29. The van der Waals surface area contributed by atoms with Crippen LogP contribution in [0, 0.1) is 6.92 Å². The molecule has 1 aliphatic heterocycles. The average molecular weight is 369 g/mol. The molecule has 3 rings (SSSR count). The van der Waals surface area contributed by atoms with Crippen LogP contribution in [0.5, 0.6) is 0 Å². The van der Waals surface area contributed by atoms with Gasteiger partial charge in [0.05, 0.1) is 24.3 Å². The van der Waals surface area contributed by atoms with Gasteiger partial charge in [0.15, 0.2) is 5.17 Å². The Balaban J connectivity index is 1.81. The lowest BCUT2D eigenvalue weighted by molar-refractivity contribution is -0.126. The molecular weight excluding hydrogens is 346 g/mol. The third-order valence-corrected chi connectivity index (χ3v) is 5.54. The lowest BCUT2D eigenvalue weighted by Gasteiger charge is -2.17. The van der Waals surface area contributed by atoms with E-state index in [-0.39, 0.29) is 11.2 Å². The van der Waals surface area contributed by atoms with E-state index in [9.17, 15) is 4.79 Å². The predicted octanol–water partition coefficient (Wildman–Crippen LogP) is 4.61. The molecular formula is C20H23N3O2S. The number of carbonyl (C=O) groups excluding carboxylic acids is 1. The Hall–Kier alpha value is -2.34. The van der Waals surface area contributed by atoms with E-state index in [4.69, 9.17) is 4.42 Å². The van der Waals surface area contributed by atoms with Crippen LogP contribution in [-0.2, 0) is 11.3 Å². The average Bonchev–Trinajstić information content (AvgIpc) is 3.25. The van der Waals surface area contributed by atoms with Crippen molar-refractivity contribution in [3.05, 3.63) is 59.5 Å². The summed E-state index contributed by atoms with van der Waals surface area (Å²) in [6.45, 7) is 4.72. The number of hydrogen-bond acceptors (Lipinski definition) is 5. The van der Waals surface area contributed by atoms with Crippen molar-refractivity contribution in [2.45, 2.75) is 44.9 Å². The van der Waals surface area contributed by atoms with Crippen LogP contribution >= 0.6 is 11.8 Å². The molecule has 1 saturated heterocycles. The van der Waals surface area contributed by atoms with Gasteiger partial charge in [-0.2, -0.15) is 5.10 Å². The predicted molar refractivity (Wildman–Crippen MR) is 106 cm³/mol. The van der Waals surface area contributed by atoms with Crippen LogP contribution in [-0.4, -0.2) is 27.4 Å². The van der Waals surface area contributed by atoms with Crippen LogP contribution in [0.4, 0.5) is 0 Å². The molecule has 1 aromatic carbocycles. The first-order chi connectivity index (χ1) is 12.7. The number of hydrogen-bond donors (Lipinski definition) is 0. The third kappa shape index (κ3) is 4.43. The van der Waals surface area contributed by atoms with E-state index in [0.29, 0.717) is 17.5 Å². The standard InChI is InChI=1S/C20H23N3O2S/c1-3-4-11-18-19(24)23(14-16-9-6-5-8-15(16)2)20(26-18)22-21-13-17-10-7-12-25-17/h5-10,12-13,18H,3-4,11,14H2,1-2H3/b21-13+,22-20-. The maximum absolute atomic E-state index is 12.9. The fraction of sp³-hybridized carbons (Fsp3) is 0.350. The van der Waals surface area contributed by atoms with Crippen LogP contribution in [0.3, 0.4) is 0 Å². The topological polar surface area (TPSA) is 58.2 Å². The number of unbranched alkanes of at least 4 members (excludes halogenated alkanes) is 1. The van der Waals surface area contributed by atoms with Crippen LogP contribution in [0.15, 0.2) is 57.3 Å². The number of furan rings is 1. The number of carbonyl (C=O) groups is 1. The zero-order valence-corrected chi connectivity index (χ0v) is 15.9. The highest BCUT2D eigenvalue weighted by atomic mass is 32.2. The summed E-state index contributed by atoms with van der Waals surface area (Å²) in [4.78, 5) is 14.6. The Morgan fingerprint density at radius 1 is 1.27 bits per heavy atom. The lowest BCUT2D eigenvalue weighted by atomic mass is 10.1. The highest BCUT2D eigenvalue weighted by molar-refractivity contribution is 8.15. The molecule has 1 unspecified atom stereocenters. The minimum Gasteiger partial charge on any atom is -0.463 e. The summed E-state index contributed by atoms with van der Waals surface area (Å²) in [6, 6.07) is 11.7. The first kappa shape index (κ1) is 18.5. The van der Waals surface area contributed by atoms with Gasteiger partial charge >= 0.3 is 0 Å². The molecule has 26 heavy (non-hydrogen) atoms. The summed E-state index contributed by atoms with van der Waals surface area (Å²) in [6.07, 6.45) is 6.12. The molecule has 0 aliphatic carbocycles. The molecule has 136 valence electrons. The van der Waals surface area contributed by atoms with Gasteiger partial charge < -0.3 is 4.42 Å². The fourth-order valence-electron chi connectivity index (χ4n) is 2.76. The van der Waals surface area contributed by atoms with E-state index in [1.54, 1.807) is 23.4 Å². The van der Waals surface area contributed by atoms with Gasteiger partial charge in [-0.15, -0.1) is 5.10 Å². The molecule has 6 heteroatoms. The van der Waals surface area contributed by atoms with Crippen LogP contribution in [0.25, 0.3) is 0 Å². The van der Waals surface area contributed by atoms with Crippen molar-refractivity contribution < 1.29 is 9.21 Å². The number of amidine groups is 1. The molecule has 2 heterocycles. The van der Waals surface area contributed by atoms with Crippen molar-refractivity contribution in [2.75, 3.05) is 0 Å². The van der Waals surface area contributed by atoms with Crippen molar-refractivity contribution in [2.24, 2.45) is 10.2 Å². The van der Waals surface area contributed by atoms with Crippen molar-refractivity contribution in [1.29, 1.82) is 0 Å². The van der Waals surface area contributed by atoms with E-state index in [1.807, 2.05) is 18.2 Å². The number of amides is 1. The second-order valence-electron chi connectivity index (χ2n) is 6.24. The number of nitrogens with zero attached hydrogens (tertiary/aromatic N) is 3. The first-order valence-electron chi connectivity index (χ1n) is 8.86. The Bertz CT molecular complexity index is 799. The van der Waals surface area contributed by atoms with Crippen LogP contribution in [0.1, 0.15) is 43.1 Å². The summed E-state index contributed by atoms with van der Waals surface area (Å²) >= 11 is 1.51. The summed E-state index contributed by atoms with van der Waals surface area (Å²) in [7, 11) is 0. The fourth-order valence-corrected chi connectivity index (χ4v) is 3.91. The smallest absolute Gasteiger partial charge is 0.242 e. The van der Waals surface area contributed by atoms with Gasteiger partial charge in [-0.05, 0) is 36.6 Å². The second-order valence-corrected chi connectivity index (χ2v) is 7.41. The van der Waals surface area contributed by atoms with Gasteiger partial charge in [-0.3, -0.25) is 9.69 Å². The minimum atomic E-state index is -0.0727. The van der Waals surface area contributed by atoms with Gasteiger partial charge in [0, 0.05) is 0 Å². The monoisotopic (exact) mass is 369 g/mol. The number of rotatable bonds is 7. The SMILES string of the molecule is CCCCC1S/C(=N\N=C\c2ccco2)N(Cc2ccccc2C)C1=O. The van der Waals surface area contributed by atoms with Crippen LogP contribution < -0.4 is 0 Å². The van der Waals surface area contributed by atoms with Crippen molar-refractivity contribution in [1.82, 2.24) is 4.90 Å². The van der Waals surface area contributed by atoms with Crippen molar-refractivity contribution in [3.63, 3.8) is 0 Å². The van der Waals surface area contributed by atoms with E-state index in [0.717, 1.165) is 24.8 Å². The maximum Gasteiger partial charge on any atom is 0.242 e. The second kappa shape index (κ2) is 8.85.